The Hall–Kier alpha value is -11.4. The SMILES string of the molecule is Cc1cc(CC(=NO)c2nonc2CC2CC3(C2)CS(=O)(=O)C3)ccc1F.Cc1cc(CC(=NO)c2nonc2CC2CC3(COC3)C2)ccc1F.Cc1cc(CC(=NO)c2nonc2CC2CC3CS(=O)(=O)CC3C2)ccc1F.Cc1cc(CC(=NO)c2nonc2CC2CCOC2)ccc1F.Cc1cc(CC(=NO)c2nonc2CC2CCS(=O)(=O)C2)ccc1F. The van der Waals surface area contributed by atoms with Crippen LogP contribution in [0.15, 0.2) is 140 Å². The van der Waals surface area contributed by atoms with Gasteiger partial charge >= 0.3 is 0 Å². The molecule has 33 nitrogen and oxygen atoms in total. The van der Waals surface area contributed by atoms with E-state index in [9.17, 15) is 73.2 Å². The summed E-state index contributed by atoms with van der Waals surface area (Å²) in [6, 6.07) is 23.6. The predicted octanol–water partition coefficient (Wildman–Crippen LogP) is 12.2. The first-order valence-corrected chi connectivity index (χ1v) is 47.4. The van der Waals surface area contributed by atoms with Gasteiger partial charge in [-0.2, -0.15) is 0 Å². The Kier molecular flexibility index (Phi) is 29.0. The van der Waals surface area contributed by atoms with Crippen LogP contribution >= 0.6 is 0 Å². The highest BCUT2D eigenvalue weighted by molar-refractivity contribution is 7.93. The largest absolute Gasteiger partial charge is 0.411 e. The van der Waals surface area contributed by atoms with Gasteiger partial charge in [-0.05, 0) is 270 Å². The minimum absolute atomic E-state index is 0.0413. The summed E-state index contributed by atoms with van der Waals surface area (Å²) in [6.45, 7) is 11.6. The van der Waals surface area contributed by atoms with Crippen LogP contribution in [0.5, 0.6) is 0 Å². The molecule has 5 saturated heterocycles. The van der Waals surface area contributed by atoms with E-state index < -0.39 is 29.5 Å². The first-order valence-electron chi connectivity index (χ1n) is 41.9. The van der Waals surface area contributed by atoms with Crippen LogP contribution in [0.4, 0.5) is 22.0 Å². The smallest absolute Gasteiger partial charge is 0.156 e. The van der Waals surface area contributed by atoms with Gasteiger partial charge in [-0.15, -0.1) is 0 Å². The highest BCUT2D eigenvalue weighted by atomic mass is 32.2. The van der Waals surface area contributed by atoms with Crippen LogP contribution in [0.2, 0.25) is 0 Å². The van der Waals surface area contributed by atoms with E-state index in [0.717, 1.165) is 99.0 Å². The summed E-state index contributed by atoms with van der Waals surface area (Å²) in [5.41, 5.74) is 13.6. The van der Waals surface area contributed by atoms with Crippen LogP contribution in [0.25, 0.3) is 0 Å². The molecule has 10 heterocycles. The van der Waals surface area contributed by atoms with E-state index in [2.05, 4.69) is 77.3 Å². The molecule has 5 aromatic carbocycles. The van der Waals surface area contributed by atoms with Gasteiger partial charge in [0, 0.05) is 57.2 Å². The number of nitrogens with zero attached hydrogens (tertiary/aromatic N) is 15. The molecule has 3 aliphatic carbocycles. The number of rotatable bonds is 25. The summed E-state index contributed by atoms with van der Waals surface area (Å²) in [7, 11) is -8.70. The number of hydrogen-bond donors (Lipinski definition) is 5. The Balaban J connectivity index is 0.000000130. The van der Waals surface area contributed by atoms with Crippen molar-refractivity contribution in [1.29, 1.82) is 0 Å². The average molecular weight is 1830 g/mol. The van der Waals surface area contributed by atoms with Gasteiger partial charge in [0.15, 0.2) is 58.0 Å². The van der Waals surface area contributed by atoms with E-state index in [4.69, 9.17) is 32.6 Å². The van der Waals surface area contributed by atoms with Crippen LogP contribution in [0.3, 0.4) is 0 Å². The average Bonchev–Trinajstić information content (AvgIpc) is 0.794. The zero-order valence-electron chi connectivity index (χ0n) is 70.9. The fraction of sp³-hybridized carbons (Fsp3) is 0.483. The second kappa shape index (κ2) is 40.1. The van der Waals surface area contributed by atoms with E-state index in [1.807, 2.05) is 0 Å². The van der Waals surface area contributed by atoms with Gasteiger partial charge < -0.3 is 35.5 Å². The lowest BCUT2D eigenvalue weighted by molar-refractivity contribution is -0.178. The van der Waals surface area contributed by atoms with Gasteiger partial charge in [-0.25, -0.2) is 70.4 Å². The number of hydrogen-bond acceptors (Lipinski definition) is 33. The second-order valence-electron chi connectivity index (χ2n) is 35.4. The molecule has 8 aliphatic rings. The molecule has 41 heteroatoms. The lowest BCUT2D eigenvalue weighted by atomic mass is 9.59. The lowest BCUT2D eigenvalue weighted by Gasteiger charge is -2.53. The van der Waals surface area contributed by atoms with E-state index in [0.29, 0.717) is 188 Å². The zero-order chi connectivity index (χ0) is 90.8. The molecule has 5 aromatic heterocycles. The van der Waals surface area contributed by atoms with Crippen molar-refractivity contribution in [1.82, 2.24) is 51.6 Å². The lowest BCUT2D eigenvalue weighted by Crippen LogP contribution is -2.56. The number of aromatic nitrogens is 10. The highest BCUT2D eigenvalue weighted by Crippen LogP contribution is 2.55. The zero-order valence-corrected chi connectivity index (χ0v) is 73.3. The van der Waals surface area contributed by atoms with Gasteiger partial charge in [0.1, 0.15) is 86.1 Å². The summed E-state index contributed by atoms with van der Waals surface area (Å²) in [5.74, 6) is 1.95. The number of ether oxygens (including phenoxy) is 2. The molecule has 0 amide bonds. The topological polar surface area (TPSA) is 478 Å². The molecular formula is C87H98F5N15O18S3. The molecule has 18 rings (SSSR count). The molecule has 682 valence electrons. The Morgan fingerprint density at radius 1 is 0.359 bits per heavy atom. The van der Waals surface area contributed by atoms with E-state index in [-0.39, 0.29) is 112 Å². The van der Waals surface area contributed by atoms with Crippen LogP contribution in [0, 0.1) is 116 Å². The van der Waals surface area contributed by atoms with Gasteiger partial charge in [-0.3, -0.25) is 0 Å². The summed E-state index contributed by atoms with van der Waals surface area (Å²) < 4.78 is 172. The molecule has 128 heavy (non-hydrogen) atoms. The van der Waals surface area contributed by atoms with E-state index >= 15 is 0 Å². The maximum Gasteiger partial charge on any atom is 0.156 e. The fourth-order valence-electron chi connectivity index (χ4n) is 18.8. The van der Waals surface area contributed by atoms with Crippen molar-refractivity contribution in [2.45, 2.75) is 150 Å². The van der Waals surface area contributed by atoms with Crippen molar-refractivity contribution in [3.63, 3.8) is 0 Å². The number of fused-ring (bicyclic) bond motifs is 1. The third kappa shape index (κ3) is 23.0. The number of sulfone groups is 3. The molecular weight excluding hydrogens is 1730 g/mol. The molecule has 4 unspecified atom stereocenters. The molecule has 0 radical (unpaired) electrons. The Morgan fingerprint density at radius 2 is 0.656 bits per heavy atom. The summed E-state index contributed by atoms with van der Waals surface area (Å²) >= 11 is 0. The Morgan fingerprint density at radius 3 is 0.914 bits per heavy atom. The third-order valence-corrected chi connectivity index (χ3v) is 30.9. The predicted molar refractivity (Wildman–Crippen MR) is 450 cm³/mol. The molecule has 0 bridgehead atoms. The van der Waals surface area contributed by atoms with Crippen LogP contribution in [-0.4, -0.2) is 192 Å². The quantitative estimate of drug-likeness (QED) is 0.0153. The van der Waals surface area contributed by atoms with Crippen LogP contribution in [-0.2, 0) is 103 Å². The van der Waals surface area contributed by atoms with E-state index in [1.54, 1.807) is 95.3 Å². The van der Waals surface area contributed by atoms with E-state index in [1.165, 1.54) is 30.3 Å². The monoisotopic (exact) mass is 1830 g/mol. The summed E-state index contributed by atoms with van der Waals surface area (Å²) in [4.78, 5) is 0. The first-order chi connectivity index (χ1) is 61.3. The fourth-order valence-corrected chi connectivity index (χ4v) is 25.2. The second-order valence-corrected chi connectivity index (χ2v) is 41.8. The van der Waals surface area contributed by atoms with Crippen molar-refractivity contribution >= 4 is 58.1 Å². The molecule has 8 fully saturated rings. The van der Waals surface area contributed by atoms with Crippen molar-refractivity contribution in [3.8, 4) is 0 Å². The van der Waals surface area contributed by atoms with Crippen molar-refractivity contribution in [2.75, 3.05) is 60.9 Å². The summed E-state index contributed by atoms with van der Waals surface area (Å²) in [6.07, 6.45) is 11.6. The van der Waals surface area contributed by atoms with Crippen LogP contribution in [0.1, 0.15) is 164 Å². The molecule has 3 saturated carbocycles. The van der Waals surface area contributed by atoms with Crippen molar-refractivity contribution < 1.29 is 106 Å². The number of benzene rings is 5. The van der Waals surface area contributed by atoms with Crippen molar-refractivity contribution in [3.05, 3.63) is 233 Å². The molecule has 5 N–H and O–H groups in total. The molecule has 5 aliphatic heterocycles. The third-order valence-electron chi connectivity index (χ3n) is 25.1. The maximum atomic E-state index is 13.5. The van der Waals surface area contributed by atoms with Crippen LogP contribution < -0.4 is 0 Å². The Bertz CT molecular complexity index is 6120. The number of oxime groups is 5. The molecule has 2 spiro atoms. The normalized spacial score (nSPS) is 21.3. The first kappa shape index (κ1) is 92.7. The van der Waals surface area contributed by atoms with Gasteiger partial charge in [0.25, 0.3) is 0 Å². The summed E-state index contributed by atoms with van der Waals surface area (Å²) in [5, 5.41) is 103. The minimum Gasteiger partial charge on any atom is -0.411 e. The maximum absolute atomic E-state index is 13.5. The minimum atomic E-state index is -2.99. The highest BCUT2D eigenvalue weighted by Gasteiger charge is 2.56. The number of halogens is 5. The van der Waals surface area contributed by atoms with Gasteiger partial charge in [-0.1, -0.05) is 112 Å². The molecule has 4 atom stereocenters. The van der Waals surface area contributed by atoms with Crippen molar-refractivity contribution in [2.24, 2.45) is 78.0 Å². The van der Waals surface area contributed by atoms with Gasteiger partial charge in [0.05, 0.1) is 47.7 Å². The van der Waals surface area contributed by atoms with Gasteiger partial charge in [0.2, 0.25) is 0 Å². The standard InChI is InChI=1S/C19H22FN3O4S.C18H20FN3O4S.C18H20FN3O3.C16H18FN3O4S.C16H18FN3O3/c1-11-4-12(2-3-16(11)20)7-17(21-24)19-18(22-27-23-19)8-13-5-14-9-28(25,26)10-15(14)6-13;1-11-4-12(2-3-14(11)19)5-15(20-23)17-16(21-26-22-17)6-13-7-18(8-13)9-27(24,25)10-18;1-11-4-12(2-3-14(11)19)5-15(20-23)17-16(21-25-22-17)6-13-7-18(8-13)9-24-10-18;1-10-6-11(2-3-13(10)17)7-14(18-21)16-15(19-24-20-16)8-12-4-5-25(22,23)9-12;1-10-6-11(2-3-13(10)17)7-14(18-21)16-15(19-23-20-16)8-12-4-5-22-9-12/h2-4,13-15,24H,5-10H2,1H3;2-4,13,23H,5-10H2,1H3;2-4,13,23H,5-10H2,1H3;2-3,6,12,21H,4-5,7-9H2,1H3;2-3,6,12,21H,4-5,7-9H2,1H3. The Labute approximate surface area is 733 Å². The number of aryl methyl sites for hydroxylation is 5. The molecule has 10 aromatic rings.